The molecule has 0 unspecified atom stereocenters. The average Bonchev–Trinajstić information content (AvgIpc) is 2.41. The Labute approximate surface area is 111 Å². The monoisotopic (exact) mass is 261 g/mol. The molecule has 0 aliphatic rings. The summed E-state index contributed by atoms with van der Waals surface area (Å²) in [6, 6.07) is 13.6. The molecule has 0 fully saturated rings. The Kier molecular flexibility index (Phi) is 3.99. The van der Waals surface area contributed by atoms with Crippen LogP contribution in [0.2, 0.25) is 0 Å². The quantitative estimate of drug-likeness (QED) is 0.856. The third-order valence-corrected chi connectivity index (χ3v) is 3.58. The topological polar surface area (TPSA) is 44.5 Å². The van der Waals surface area contributed by atoms with Gasteiger partial charge in [0.2, 0.25) is 0 Å². The van der Waals surface area contributed by atoms with Crippen molar-refractivity contribution >= 4 is 17.4 Å². The number of benzene rings is 2. The Morgan fingerprint density at radius 3 is 2.50 bits per heavy atom. The van der Waals surface area contributed by atoms with E-state index in [1.807, 2.05) is 42.5 Å². The lowest BCUT2D eigenvalue weighted by Crippen LogP contribution is -1.94. The Morgan fingerprint density at radius 2 is 1.78 bits per heavy atom. The summed E-state index contributed by atoms with van der Waals surface area (Å²) in [5.41, 5.74) is 6.70. The van der Waals surface area contributed by atoms with Gasteiger partial charge >= 0.3 is 0 Å². The van der Waals surface area contributed by atoms with Crippen LogP contribution >= 0.6 is 11.8 Å². The lowest BCUT2D eigenvalue weighted by Gasteiger charge is -2.10. The molecule has 0 saturated heterocycles. The fourth-order valence-corrected chi connectivity index (χ4v) is 2.52. The first-order chi connectivity index (χ1) is 8.74. The molecule has 0 amide bonds. The Bertz CT molecular complexity index is 543. The van der Waals surface area contributed by atoms with Gasteiger partial charge in [-0.2, -0.15) is 0 Å². The van der Waals surface area contributed by atoms with Gasteiger partial charge in [0.1, 0.15) is 11.5 Å². The standard InChI is InChI=1S/C14H15NO2S/c1-16-10-5-3-6-11(9-10)18-13-8-4-7-12(17-2)14(13)15/h3-9H,15H2,1-2H3. The van der Waals surface area contributed by atoms with Crippen molar-refractivity contribution in [2.75, 3.05) is 20.0 Å². The van der Waals surface area contributed by atoms with E-state index in [-0.39, 0.29) is 0 Å². The maximum atomic E-state index is 6.04. The second-order valence-corrected chi connectivity index (χ2v) is 4.77. The molecule has 2 N–H and O–H groups in total. The minimum Gasteiger partial charge on any atom is -0.497 e. The molecular formula is C14H15NO2S. The van der Waals surface area contributed by atoms with Crippen LogP contribution < -0.4 is 15.2 Å². The second-order valence-electron chi connectivity index (χ2n) is 3.65. The van der Waals surface area contributed by atoms with Crippen LogP contribution in [0.5, 0.6) is 11.5 Å². The van der Waals surface area contributed by atoms with E-state index >= 15 is 0 Å². The second kappa shape index (κ2) is 5.69. The zero-order valence-corrected chi connectivity index (χ0v) is 11.2. The fourth-order valence-electron chi connectivity index (χ4n) is 1.58. The molecule has 18 heavy (non-hydrogen) atoms. The summed E-state index contributed by atoms with van der Waals surface area (Å²) in [5, 5.41) is 0. The molecule has 0 radical (unpaired) electrons. The van der Waals surface area contributed by atoms with Crippen LogP contribution in [0.15, 0.2) is 52.3 Å². The number of nitrogens with two attached hydrogens (primary N) is 1. The highest BCUT2D eigenvalue weighted by molar-refractivity contribution is 7.99. The Morgan fingerprint density at radius 1 is 1.00 bits per heavy atom. The van der Waals surface area contributed by atoms with Gasteiger partial charge in [0, 0.05) is 9.79 Å². The van der Waals surface area contributed by atoms with Gasteiger partial charge in [0.15, 0.2) is 0 Å². The summed E-state index contributed by atoms with van der Waals surface area (Å²) in [6.07, 6.45) is 0. The largest absolute Gasteiger partial charge is 0.497 e. The van der Waals surface area contributed by atoms with Crippen LogP contribution in [-0.2, 0) is 0 Å². The van der Waals surface area contributed by atoms with Gasteiger partial charge < -0.3 is 15.2 Å². The number of rotatable bonds is 4. The van der Waals surface area contributed by atoms with E-state index in [1.165, 1.54) is 0 Å². The van der Waals surface area contributed by atoms with Gasteiger partial charge in [-0.25, -0.2) is 0 Å². The molecule has 0 bridgehead atoms. The summed E-state index contributed by atoms with van der Waals surface area (Å²) >= 11 is 1.59. The predicted octanol–water partition coefficient (Wildman–Crippen LogP) is 3.44. The van der Waals surface area contributed by atoms with Crippen molar-refractivity contribution in [3.05, 3.63) is 42.5 Å². The van der Waals surface area contributed by atoms with Gasteiger partial charge in [0.05, 0.1) is 19.9 Å². The predicted molar refractivity (Wildman–Crippen MR) is 74.5 cm³/mol. The normalized spacial score (nSPS) is 10.1. The van der Waals surface area contributed by atoms with Crippen molar-refractivity contribution in [1.29, 1.82) is 0 Å². The molecule has 0 spiro atoms. The smallest absolute Gasteiger partial charge is 0.142 e. The highest BCUT2D eigenvalue weighted by atomic mass is 32.2. The van der Waals surface area contributed by atoms with E-state index in [1.54, 1.807) is 26.0 Å². The maximum absolute atomic E-state index is 6.04. The molecule has 4 heteroatoms. The lowest BCUT2D eigenvalue weighted by molar-refractivity contribution is 0.413. The molecule has 0 atom stereocenters. The molecule has 2 aromatic carbocycles. The molecule has 94 valence electrons. The van der Waals surface area contributed by atoms with Crippen molar-refractivity contribution in [2.45, 2.75) is 9.79 Å². The minimum atomic E-state index is 0.660. The first kappa shape index (κ1) is 12.6. The van der Waals surface area contributed by atoms with Crippen LogP contribution in [-0.4, -0.2) is 14.2 Å². The third-order valence-electron chi connectivity index (χ3n) is 2.52. The third kappa shape index (κ3) is 2.71. The van der Waals surface area contributed by atoms with Crippen molar-refractivity contribution in [3.8, 4) is 11.5 Å². The van der Waals surface area contributed by atoms with Crippen molar-refractivity contribution in [2.24, 2.45) is 0 Å². The maximum Gasteiger partial charge on any atom is 0.142 e. The van der Waals surface area contributed by atoms with Gasteiger partial charge in [0.25, 0.3) is 0 Å². The first-order valence-electron chi connectivity index (χ1n) is 5.49. The van der Waals surface area contributed by atoms with Crippen LogP contribution in [0.1, 0.15) is 0 Å². The summed E-state index contributed by atoms with van der Waals surface area (Å²) < 4.78 is 10.4. The summed E-state index contributed by atoms with van der Waals surface area (Å²) in [5.74, 6) is 1.53. The molecule has 0 saturated carbocycles. The minimum absolute atomic E-state index is 0.660. The molecule has 0 aliphatic carbocycles. The van der Waals surface area contributed by atoms with E-state index in [0.29, 0.717) is 11.4 Å². The van der Waals surface area contributed by atoms with E-state index in [9.17, 15) is 0 Å². The summed E-state index contributed by atoms with van der Waals surface area (Å²) in [7, 11) is 3.27. The first-order valence-corrected chi connectivity index (χ1v) is 6.30. The molecule has 2 rings (SSSR count). The van der Waals surface area contributed by atoms with Crippen molar-refractivity contribution in [1.82, 2.24) is 0 Å². The van der Waals surface area contributed by atoms with Crippen LogP contribution in [0.25, 0.3) is 0 Å². The van der Waals surface area contributed by atoms with Crippen molar-refractivity contribution in [3.63, 3.8) is 0 Å². The van der Waals surface area contributed by atoms with E-state index in [2.05, 4.69) is 0 Å². The zero-order valence-electron chi connectivity index (χ0n) is 10.3. The lowest BCUT2D eigenvalue weighted by atomic mass is 10.3. The van der Waals surface area contributed by atoms with E-state index < -0.39 is 0 Å². The number of methoxy groups -OCH3 is 2. The highest BCUT2D eigenvalue weighted by Gasteiger charge is 2.07. The number of nitrogen functional groups attached to an aromatic ring is 1. The van der Waals surface area contributed by atoms with E-state index in [4.69, 9.17) is 15.2 Å². The number of para-hydroxylation sites is 1. The van der Waals surface area contributed by atoms with Gasteiger partial charge in [-0.05, 0) is 30.3 Å². The molecule has 2 aromatic rings. The number of anilines is 1. The van der Waals surface area contributed by atoms with Gasteiger partial charge in [-0.15, -0.1) is 0 Å². The molecular weight excluding hydrogens is 246 g/mol. The summed E-state index contributed by atoms with van der Waals surface area (Å²) in [4.78, 5) is 2.05. The summed E-state index contributed by atoms with van der Waals surface area (Å²) in [6.45, 7) is 0. The Balaban J connectivity index is 2.28. The van der Waals surface area contributed by atoms with E-state index in [0.717, 1.165) is 15.5 Å². The van der Waals surface area contributed by atoms with Gasteiger partial charge in [-0.3, -0.25) is 0 Å². The van der Waals surface area contributed by atoms with Crippen LogP contribution in [0, 0.1) is 0 Å². The number of hydrogen-bond donors (Lipinski definition) is 1. The molecule has 0 aliphatic heterocycles. The van der Waals surface area contributed by atoms with Crippen molar-refractivity contribution < 1.29 is 9.47 Å². The SMILES string of the molecule is COc1cccc(Sc2cccc(OC)c2N)c1. The zero-order chi connectivity index (χ0) is 13.0. The van der Waals surface area contributed by atoms with Crippen LogP contribution in [0.3, 0.4) is 0 Å². The average molecular weight is 261 g/mol. The van der Waals surface area contributed by atoms with Crippen LogP contribution in [0.4, 0.5) is 5.69 Å². The molecule has 0 aromatic heterocycles. The molecule has 3 nitrogen and oxygen atoms in total. The van der Waals surface area contributed by atoms with Gasteiger partial charge in [-0.1, -0.05) is 23.9 Å². The Hall–Kier alpha value is -1.81. The highest BCUT2D eigenvalue weighted by Crippen LogP contribution is 2.37. The number of hydrogen-bond acceptors (Lipinski definition) is 4. The molecule has 0 heterocycles. The number of ether oxygens (including phenoxy) is 2. The fraction of sp³-hybridized carbons (Fsp3) is 0.143.